The Labute approximate surface area is 138 Å². The monoisotopic (exact) mass is 318 g/mol. The number of nitrogens with zero attached hydrogens (tertiary/aromatic N) is 1. The topological polar surface area (TPSA) is 74.4 Å². The highest BCUT2D eigenvalue weighted by molar-refractivity contribution is 6.01. The number of carbonyl (C=O) groups is 1. The molecule has 4 rings (SSSR count). The van der Waals surface area contributed by atoms with Crippen LogP contribution in [0.5, 0.6) is 11.5 Å². The van der Waals surface area contributed by atoms with E-state index in [0.29, 0.717) is 11.3 Å². The van der Waals surface area contributed by atoms with Gasteiger partial charge in [-0.25, -0.2) is 0 Å². The Kier molecular flexibility index (Phi) is 3.39. The van der Waals surface area contributed by atoms with E-state index in [0.717, 1.165) is 28.0 Å². The van der Waals surface area contributed by atoms with Crippen molar-refractivity contribution in [1.82, 2.24) is 4.98 Å². The molecular weight excluding hydrogens is 304 g/mol. The van der Waals surface area contributed by atoms with Gasteiger partial charge in [0.2, 0.25) is 12.7 Å². The number of amides is 1. The van der Waals surface area contributed by atoms with Gasteiger partial charge in [0.05, 0.1) is 0 Å². The Bertz CT molecular complexity index is 937. The summed E-state index contributed by atoms with van der Waals surface area (Å²) in [4.78, 5) is 16.0. The minimum absolute atomic E-state index is 0.225. The summed E-state index contributed by atoms with van der Waals surface area (Å²) in [6.07, 6.45) is 3.47. The summed E-state index contributed by atoms with van der Waals surface area (Å²) in [5.74, 6) is 0.964. The third-order valence-corrected chi connectivity index (χ3v) is 3.99. The molecule has 1 aromatic heterocycles. The van der Waals surface area contributed by atoms with Crippen LogP contribution in [0.2, 0.25) is 0 Å². The SMILES string of the molecule is NC(=O)c1ccccc1-c1ccncc1-c1ccc2c(c1)OCO2. The molecule has 1 aliphatic heterocycles. The normalized spacial score (nSPS) is 12.2. The van der Waals surface area contributed by atoms with E-state index in [1.807, 2.05) is 36.4 Å². The second-order valence-corrected chi connectivity index (χ2v) is 5.40. The number of benzene rings is 2. The third kappa shape index (κ3) is 2.36. The molecule has 0 unspecified atom stereocenters. The first-order chi connectivity index (χ1) is 11.7. The fourth-order valence-corrected chi connectivity index (χ4v) is 2.86. The van der Waals surface area contributed by atoms with E-state index in [1.54, 1.807) is 24.5 Å². The molecule has 1 aliphatic rings. The molecule has 2 aromatic carbocycles. The van der Waals surface area contributed by atoms with Crippen molar-refractivity contribution >= 4 is 5.91 Å². The van der Waals surface area contributed by atoms with Crippen LogP contribution in [-0.4, -0.2) is 17.7 Å². The van der Waals surface area contributed by atoms with E-state index in [4.69, 9.17) is 15.2 Å². The molecule has 5 heteroatoms. The minimum atomic E-state index is -0.459. The smallest absolute Gasteiger partial charge is 0.249 e. The van der Waals surface area contributed by atoms with Gasteiger partial charge in [0, 0.05) is 23.5 Å². The summed E-state index contributed by atoms with van der Waals surface area (Å²) in [7, 11) is 0. The summed E-state index contributed by atoms with van der Waals surface area (Å²) >= 11 is 0. The van der Waals surface area contributed by atoms with Crippen LogP contribution >= 0.6 is 0 Å². The Morgan fingerprint density at radius 2 is 1.79 bits per heavy atom. The third-order valence-electron chi connectivity index (χ3n) is 3.99. The van der Waals surface area contributed by atoms with Gasteiger partial charge in [0.1, 0.15) is 0 Å². The predicted molar refractivity (Wildman–Crippen MR) is 89.7 cm³/mol. The molecule has 24 heavy (non-hydrogen) atoms. The van der Waals surface area contributed by atoms with Crippen molar-refractivity contribution in [2.75, 3.05) is 6.79 Å². The molecule has 0 saturated heterocycles. The Morgan fingerprint density at radius 1 is 0.958 bits per heavy atom. The van der Waals surface area contributed by atoms with E-state index >= 15 is 0 Å². The van der Waals surface area contributed by atoms with Gasteiger partial charge in [-0.3, -0.25) is 9.78 Å². The summed E-state index contributed by atoms with van der Waals surface area (Å²) < 4.78 is 10.8. The lowest BCUT2D eigenvalue weighted by Gasteiger charge is -2.12. The van der Waals surface area contributed by atoms with Gasteiger partial charge >= 0.3 is 0 Å². The average molecular weight is 318 g/mol. The summed E-state index contributed by atoms with van der Waals surface area (Å²) in [5.41, 5.74) is 9.49. The molecule has 0 spiro atoms. The molecule has 1 amide bonds. The standard InChI is InChI=1S/C19H14N2O3/c20-19(22)15-4-2-1-3-13(15)14-7-8-21-10-16(14)12-5-6-17-18(9-12)24-11-23-17/h1-10H,11H2,(H2,20,22). The number of primary amides is 1. The highest BCUT2D eigenvalue weighted by Gasteiger charge is 2.17. The van der Waals surface area contributed by atoms with Crippen molar-refractivity contribution in [2.45, 2.75) is 0 Å². The second kappa shape index (κ2) is 5.70. The lowest BCUT2D eigenvalue weighted by molar-refractivity contribution is 0.100. The Balaban J connectivity index is 1.90. The number of carbonyl (C=O) groups excluding carboxylic acids is 1. The number of hydrogen-bond acceptors (Lipinski definition) is 4. The number of aromatic nitrogens is 1. The van der Waals surface area contributed by atoms with E-state index in [1.165, 1.54) is 0 Å². The molecule has 0 fully saturated rings. The van der Waals surface area contributed by atoms with Crippen LogP contribution < -0.4 is 15.2 Å². The van der Waals surface area contributed by atoms with Crippen LogP contribution in [0.25, 0.3) is 22.3 Å². The van der Waals surface area contributed by atoms with Crippen molar-refractivity contribution in [3.63, 3.8) is 0 Å². The van der Waals surface area contributed by atoms with Crippen LogP contribution in [0.1, 0.15) is 10.4 Å². The van der Waals surface area contributed by atoms with E-state index in [2.05, 4.69) is 4.98 Å². The quantitative estimate of drug-likeness (QED) is 0.804. The molecule has 0 radical (unpaired) electrons. The van der Waals surface area contributed by atoms with Gasteiger partial charge in [0.25, 0.3) is 0 Å². The van der Waals surface area contributed by atoms with Crippen molar-refractivity contribution in [3.05, 3.63) is 66.5 Å². The molecule has 2 heterocycles. The zero-order valence-electron chi connectivity index (χ0n) is 12.7. The number of fused-ring (bicyclic) bond motifs is 1. The Morgan fingerprint density at radius 3 is 2.67 bits per heavy atom. The van der Waals surface area contributed by atoms with Crippen LogP contribution in [0, 0.1) is 0 Å². The lowest BCUT2D eigenvalue weighted by atomic mass is 9.93. The molecule has 0 bridgehead atoms. The lowest BCUT2D eigenvalue weighted by Crippen LogP contribution is -2.12. The highest BCUT2D eigenvalue weighted by Crippen LogP contribution is 2.39. The van der Waals surface area contributed by atoms with Gasteiger partial charge in [-0.1, -0.05) is 24.3 Å². The number of ether oxygens (including phenoxy) is 2. The maximum Gasteiger partial charge on any atom is 0.249 e. The van der Waals surface area contributed by atoms with Gasteiger partial charge in [-0.15, -0.1) is 0 Å². The van der Waals surface area contributed by atoms with Crippen LogP contribution in [0.3, 0.4) is 0 Å². The van der Waals surface area contributed by atoms with E-state index < -0.39 is 5.91 Å². The second-order valence-electron chi connectivity index (χ2n) is 5.40. The zero-order valence-corrected chi connectivity index (χ0v) is 12.7. The maximum atomic E-state index is 11.8. The van der Waals surface area contributed by atoms with Crippen LogP contribution in [0.15, 0.2) is 60.9 Å². The zero-order chi connectivity index (χ0) is 16.5. The van der Waals surface area contributed by atoms with Crippen molar-refractivity contribution in [1.29, 1.82) is 0 Å². The van der Waals surface area contributed by atoms with E-state index in [9.17, 15) is 4.79 Å². The Hall–Kier alpha value is -3.34. The molecule has 5 nitrogen and oxygen atoms in total. The maximum absolute atomic E-state index is 11.8. The fraction of sp³-hybridized carbons (Fsp3) is 0.0526. The first-order valence-electron chi connectivity index (χ1n) is 7.47. The van der Waals surface area contributed by atoms with Crippen molar-refractivity contribution in [2.24, 2.45) is 5.73 Å². The number of rotatable bonds is 3. The summed E-state index contributed by atoms with van der Waals surface area (Å²) in [6, 6.07) is 14.9. The number of nitrogens with two attached hydrogens (primary N) is 1. The molecule has 3 aromatic rings. The van der Waals surface area contributed by atoms with Gasteiger partial charge in [-0.05, 0) is 41.0 Å². The first kappa shape index (κ1) is 14.3. The largest absolute Gasteiger partial charge is 0.454 e. The van der Waals surface area contributed by atoms with Gasteiger partial charge in [-0.2, -0.15) is 0 Å². The molecule has 2 N–H and O–H groups in total. The highest BCUT2D eigenvalue weighted by atomic mass is 16.7. The number of pyridine rings is 1. The van der Waals surface area contributed by atoms with Crippen LogP contribution in [-0.2, 0) is 0 Å². The van der Waals surface area contributed by atoms with Gasteiger partial charge < -0.3 is 15.2 Å². The van der Waals surface area contributed by atoms with Crippen molar-refractivity contribution < 1.29 is 14.3 Å². The average Bonchev–Trinajstić information content (AvgIpc) is 3.09. The van der Waals surface area contributed by atoms with Gasteiger partial charge in [0.15, 0.2) is 11.5 Å². The molecule has 0 aliphatic carbocycles. The summed E-state index contributed by atoms with van der Waals surface area (Å²) in [6.45, 7) is 0.225. The summed E-state index contributed by atoms with van der Waals surface area (Å²) in [5, 5.41) is 0. The van der Waals surface area contributed by atoms with Crippen LogP contribution in [0.4, 0.5) is 0 Å². The molecular formula is C19H14N2O3. The predicted octanol–water partition coefficient (Wildman–Crippen LogP) is 3.24. The number of hydrogen-bond donors (Lipinski definition) is 1. The van der Waals surface area contributed by atoms with Crippen molar-refractivity contribution in [3.8, 4) is 33.8 Å². The molecule has 118 valence electrons. The fourth-order valence-electron chi connectivity index (χ4n) is 2.86. The molecule has 0 atom stereocenters. The minimum Gasteiger partial charge on any atom is -0.454 e. The van der Waals surface area contributed by atoms with E-state index in [-0.39, 0.29) is 6.79 Å². The first-order valence-corrected chi connectivity index (χ1v) is 7.47. The molecule has 0 saturated carbocycles.